The molecule has 0 radical (unpaired) electrons. The van der Waals surface area contributed by atoms with Crippen LogP contribution in [0.2, 0.25) is 0 Å². The Kier molecular flexibility index (Phi) is 6.74. The minimum Gasteiger partial charge on any atom is -0.299 e. The first-order chi connectivity index (χ1) is 22.3. The van der Waals surface area contributed by atoms with Crippen molar-refractivity contribution in [2.75, 3.05) is 0 Å². The van der Waals surface area contributed by atoms with Crippen molar-refractivity contribution in [2.45, 2.75) is 0 Å². The van der Waals surface area contributed by atoms with Gasteiger partial charge in [-0.2, -0.15) is 0 Å². The van der Waals surface area contributed by atoms with Crippen molar-refractivity contribution in [1.29, 1.82) is 0 Å². The number of imidazole rings is 1. The lowest BCUT2D eigenvalue weighted by atomic mass is 9.95. The molecule has 0 unspecified atom stereocenters. The van der Waals surface area contributed by atoms with Gasteiger partial charge in [-0.1, -0.05) is 146 Å². The van der Waals surface area contributed by atoms with Crippen LogP contribution < -0.4 is 0 Å². The van der Waals surface area contributed by atoms with E-state index >= 15 is 0 Å². The summed E-state index contributed by atoms with van der Waals surface area (Å²) in [6.45, 7) is 0. The van der Waals surface area contributed by atoms with Crippen LogP contribution in [-0.4, -0.2) is 24.3 Å². The Labute approximate surface area is 261 Å². The van der Waals surface area contributed by atoms with E-state index in [1.807, 2.05) is 84.9 Å². The molecular formula is C40H27N5. The third-order valence-corrected chi connectivity index (χ3v) is 7.91. The van der Waals surface area contributed by atoms with E-state index in [9.17, 15) is 0 Å². The van der Waals surface area contributed by atoms with E-state index in [1.165, 1.54) is 5.56 Å². The van der Waals surface area contributed by atoms with Crippen LogP contribution in [0.4, 0.5) is 0 Å². The highest BCUT2D eigenvalue weighted by molar-refractivity contribution is 5.90. The van der Waals surface area contributed by atoms with Crippen molar-refractivity contribution < 1.29 is 0 Å². The lowest BCUT2D eigenvalue weighted by Crippen LogP contribution is -2.00. The Morgan fingerprint density at radius 2 is 0.778 bits per heavy atom. The summed E-state index contributed by atoms with van der Waals surface area (Å²) in [6, 6.07) is 53.6. The van der Waals surface area contributed by atoms with Crippen LogP contribution in [0.3, 0.4) is 0 Å². The number of aromatic nitrogens is 5. The molecule has 0 bridgehead atoms. The fourth-order valence-electron chi connectivity index (χ4n) is 5.73. The lowest BCUT2D eigenvalue weighted by Gasteiger charge is -2.12. The highest BCUT2D eigenvalue weighted by atomic mass is 15.0. The molecule has 5 heteroatoms. The largest absolute Gasteiger partial charge is 0.299 e. The van der Waals surface area contributed by atoms with Crippen molar-refractivity contribution in [3.05, 3.63) is 164 Å². The zero-order valence-corrected chi connectivity index (χ0v) is 24.3. The first-order valence-corrected chi connectivity index (χ1v) is 14.9. The molecule has 0 saturated carbocycles. The molecule has 0 aliphatic carbocycles. The standard InChI is InChI=1S/C40H27N5/c1-4-14-28(15-5-1)33-20-10-11-21-34(33)37-36(41-35-22-12-13-27-45(35)37)29-23-25-32(26-24-29)40-43-38(30-16-6-2-7-17-30)42-39(44-40)31-18-8-3-9-19-31/h1-27H. The summed E-state index contributed by atoms with van der Waals surface area (Å²) in [5, 5.41) is 0. The number of hydrogen-bond donors (Lipinski definition) is 0. The number of fused-ring (bicyclic) bond motifs is 1. The molecule has 212 valence electrons. The maximum absolute atomic E-state index is 5.13. The van der Waals surface area contributed by atoms with Crippen LogP contribution in [0, 0.1) is 0 Å². The second-order valence-electron chi connectivity index (χ2n) is 10.8. The molecule has 0 atom stereocenters. The highest BCUT2D eigenvalue weighted by Gasteiger charge is 2.19. The molecule has 3 aromatic heterocycles. The molecule has 45 heavy (non-hydrogen) atoms. The molecule has 0 aliphatic rings. The van der Waals surface area contributed by atoms with E-state index in [1.54, 1.807) is 0 Å². The third-order valence-electron chi connectivity index (χ3n) is 7.91. The predicted molar refractivity (Wildman–Crippen MR) is 181 cm³/mol. The Bertz CT molecular complexity index is 2180. The summed E-state index contributed by atoms with van der Waals surface area (Å²) in [7, 11) is 0. The van der Waals surface area contributed by atoms with Gasteiger partial charge in [0.25, 0.3) is 0 Å². The number of pyridine rings is 1. The highest BCUT2D eigenvalue weighted by Crippen LogP contribution is 2.39. The Morgan fingerprint density at radius 3 is 1.36 bits per heavy atom. The number of nitrogens with zero attached hydrogens (tertiary/aromatic N) is 5. The van der Waals surface area contributed by atoms with Crippen molar-refractivity contribution in [3.63, 3.8) is 0 Å². The summed E-state index contributed by atoms with van der Waals surface area (Å²) < 4.78 is 2.18. The minimum absolute atomic E-state index is 0.624. The van der Waals surface area contributed by atoms with Gasteiger partial charge in [0, 0.05) is 34.0 Å². The molecule has 0 fully saturated rings. The van der Waals surface area contributed by atoms with Crippen LogP contribution in [-0.2, 0) is 0 Å². The van der Waals surface area contributed by atoms with Gasteiger partial charge < -0.3 is 0 Å². The normalized spacial score (nSPS) is 11.1. The van der Waals surface area contributed by atoms with E-state index < -0.39 is 0 Å². The van der Waals surface area contributed by atoms with Crippen LogP contribution in [0.5, 0.6) is 0 Å². The summed E-state index contributed by atoms with van der Waals surface area (Å²) in [6.07, 6.45) is 2.08. The summed E-state index contributed by atoms with van der Waals surface area (Å²) in [4.78, 5) is 19.8. The van der Waals surface area contributed by atoms with Crippen LogP contribution in [0.25, 0.3) is 73.5 Å². The topological polar surface area (TPSA) is 56.0 Å². The Morgan fingerprint density at radius 1 is 0.333 bits per heavy atom. The van der Waals surface area contributed by atoms with Gasteiger partial charge in [-0.15, -0.1) is 0 Å². The summed E-state index contributed by atoms with van der Waals surface area (Å²) in [5.41, 5.74) is 10.1. The van der Waals surface area contributed by atoms with E-state index in [2.05, 4.69) is 83.4 Å². The molecule has 5 aromatic carbocycles. The average molecular weight is 578 g/mol. The van der Waals surface area contributed by atoms with Crippen molar-refractivity contribution in [1.82, 2.24) is 24.3 Å². The van der Waals surface area contributed by atoms with Crippen molar-refractivity contribution >= 4 is 5.65 Å². The molecule has 0 N–H and O–H groups in total. The first kappa shape index (κ1) is 26.4. The van der Waals surface area contributed by atoms with E-state index in [-0.39, 0.29) is 0 Å². The maximum atomic E-state index is 5.13. The second-order valence-corrected chi connectivity index (χ2v) is 10.8. The van der Waals surface area contributed by atoms with Crippen LogP contribution in [0.1, 0.15) is 0 Å². The average Bonchev–Trinajstić information content (AvgIpc) is 3.52. The zero-order chi connectivity index (χ0) is 30.0. The Balaban J connectivity index is 1.26. The van der Waals surface area contributed by atoms with Crippen LogP contribution >= 0.6 is 0 Å². The van der Waals surface area contributed by atoms with Crippen molar-refractivity contribution in [2.24, 2.45) is 0 Å². The smallest absolute Gasteiger partial charge is 0.164 e. The van der Waals surface area contributed by atoms with Gasteiger partial charge in [-0.3, -0.25) is 4.40 Å². The molecule has 8 aromatic rings. The molecule has 0 spiro atoms. The maximum Gasteiger partial charge on any atom is 0.164 e. The Hall–Kier alpha value is -6.20. The minimum atomic E-state index is 0.624. The van der Waals surface area contributed by atoms with Gasteiger partial charge in [0.1, 0.15) is 5.65 Å². The van der Waals surface area contributed by atoms with Crippen molar-refractivity contribution in [3.8, 4) is 67.8 Å². The van der Waals surface area contributed by atoms with Gasteiger partial charge >= 0.3 is 0 Å². The predicted octanol–water partition coefficient (Wildman–Crippen LogP) is 9.52. The van der Waals surface area contributed by atoms with Crippen LogP contribution in [0.15, 0.2) is 164 Å². The number of benzene rings is 5. The molecule has 8 rings (SSSR count). The van der Waals surface area contributed by atoms with Gasteiger partial charge in [-0.25, -0.2) is 19.9 Å². The molecule has 0 amide bonds. The summed E-state index contributed by atoms with van der Waals surface area (Å²) >= 11 is 0. The SMILES string of the molecule is c1ccc(-c2nc(-c3ccccc3)nc(-c3ccc(-c4nc5ccccn5c4-c4ccccc4-c4ccccc4)cc3)n2)cc1. The number of hydrogen-bond acceptors (Lipinski definition) is 4. The molecule has 5 nitrogen and oxygen atoms in total. The molecule has 3 heterocycles. The zero-order valence-electron chi connectivity index (χ0n) is 24.3. The molecule has 0 aliphatic heterocycles. The van der Waals surface area contributed by atoms with E-state index in [4.69, 9.17) is 19.9 Å². The second kappa shape index (κ2) is 11.5. The number of rotatable bonds is 6. The first-order valence-electron chi connectivity index (χ1n) is 14.9. The van der Waals surface area contributed by atoms with E-state index in [0.29, 0.717) is 17.5 Å². The van der Waals surface area contributed by atoms with Gasteiger partial charge in [-0.05, 0) is 23.3 Å². The van der Waals surface area contributed by atoms with E-state index in [0.717, 1.165) is 50.4 Å². The third kappa shape index (κ3) is 5.07. The molecular weight excluding hydrogens is 550 g/mol. The fraction of sp³-hybridized carbons (Fsp3) is 0. The van der Waals surface area contributed by atoms with Gasteiger partial charge in [0.2, 0.25) is 0 Å². The fourth-order valence-corrected chi connectivity index (χ4v) is 5.73. The van der Waals surface area contributed by atoms with Gasteiger partial charge in [0.15, 0.2) is 17.5 Å². The van der Waals surface area contributed by atoms with Gasteiger partial charge in [0.05, 0.1) is 11.4 Å². The molecule has 0 saturated heterocycles. The lowest BCUT2D eigenvalue weighted by molar-refractivity contribution is 1.07. The quantitative estimate of drug-likeness (QED) is 0.197. The summed E-state index contributed by atoms with van der Waals surface area (Å²) in [5.74, 6) is 1.91. The monoisotopic (exact) mass is 577 g/mol.